The molecular weight excluding hydrogens is 471 g/mol. The second kappa shape index (κ2) is 10.6. The molecule has 172 valence electrons. The van der Waals surface area contributed by atoms with Gasteiger partial charge in [0.1, 0.15) is 17.3 Å². The molecule has 2 aromatic carbocycles. The van der Waals surface area contributed by atoms with Crippen molar-refractivity contribution in [3.63, 3.8) is 0 Å². The van der Waals surface area contributed by atoms with Crippen LogP contribution >= 0.6 is 11.6 Å². The Hall–Kier alpha value is -2.27. The number of ether oxygens (including phenoxy) is 2. The molecule has 32 heavy (non-hydrogen) atoms. The molecule has 3 rings (SSSR count). The van der Waals surface area contributed by atoms with Gasteiger partial charge in [-0.1, -0.05) is 35.9 Å². The van der Waals surface area contributed by atoms with Gasteiger partial charge >= 0.3 is 18.1 Å². The van der Waals surface area contributed by atoms with E-state index in [0.717, 1.165) is 5.56 Å². The zero-order chi connectivity index (χ0) is 23.3. The normalized spacial score (nSPS) is 19.4. The highest BCUT2D eigenvalue weighted by Gasteiger charge is 2.42. The van der Waals surface area contributed by atoms with E-state index in [1.54, 1.807) is 53.4 Å². The summed E-state index contributed by atoms with van der Waals surface area (Å²) in [5.41, 5.74) is 0.800. The van der Waals surface area contributed by atoms with Gasteiger partial charge in [-0.15, -0.1) is 0 Å². The van der Waals surface area contributed by atoms with Gasteiger partial charge in [0.05, 0.1) is 18.0 Å². The lowest BCUT2D eigenvalue weighted by Crippen LogP contribution is -2.43. The van der Waals surface area contributed by atoms with Crippen molar-refractivity contribution in [2.75, 3.05) is 25.4 Å². The first-order chi connectivity index (χ1) is 15.1. The first kappa shape index (κ1) is 24.4. The van der Waals surface area contributed by atoms with E-state index in [2.05, 4.69) is 4.74 Å². The average Bonchev–Trinajstić information content (AvgIpc) is 2.75. The Labute approximate surface area is 190 Å². The molecule has 1 aliphatic rings. The van der Waals surface area contributed by atoms with E-state index in [1.165, 1.54) is 0 Å². The van der Waals surface area contributed by atoms with Gasteiger partial charge < -0.3 is 14.0 Å². The molecular formula is C21H19ClF3NO5S. The third-order valence-electron chi connectivity index (χ3n) is 4.74. The van der Waals surface area contributed by atoms with Crippen LogP contribution in [0.3, 0.4) is 0 Å². The lowest BCUT2D eigenvalue weighted by atomic mass is 10.1. The summed E-state index contributed by atoms with van der Waals surface area (Å²) in [6, 6.07) is 14.1. The minimum absolute atomic E-state index is 0.0887. The van der Waals surface area contributed by atoms with Crippen molar-refractivity contribution >= 4 is 34.7 Å². The fourth-order valence-corrected chi connectivity index (χ4v) is 4.83. The quantitative estimate of drug-likeness (QED) is 0.343. The first-order valence-electron chi connectivity index (χ1n) is 9.57. The first-order valence-corrected chi connectivity index (χ1v) is 11.3. The Morgan fingerprint density at radius 2 is 1.84 bits per heavy atom. The van der Waals surface area contributed by atoms with E-state index >= 15 is 0 Å². The van der Waals surface area contributed by atoms with Gasteiger partial charge in [-0.3, -0.25) is 9.69 Å². The topological polar surface area (TPSA) is 78.9 Å². The van der Waals surface area contributed by atoms with Crippen LogP contribution in [0.15, 0.2) is 48.5 Å². The minimum atomic E-state index is -5.22. The van der Waals surface area contributed by atoms with Crippen LogP contribution in [0.25, 0.3) is 0 Å². The van der Waals surface area contributed by atoms with E-state index in [-0.39, 0.29) is 18.2 Å². The van der Waals surface area contributed by atoms with Gasteiger partial charge in [-0.2, -0.15) is 13.2 Å². The van der Waals surface area contributed by atoms with E-state index in [9.17, 15) is 27.3 Å². The molecule has 0 radical (unpaired) electrons. The van der Waals surface area contributed by atoms with Crippen LogP contribution in [0.2, 0.25) is 5.02 Å². The summed E-state index contributed by atoms with van der Waals surface area (Å²) in [5.74, 6) is -2.38. The van der Waals surface area contributed by atoms with Crippen molar-refractivity contribution in [1.29, 1.82) is 0 Å². The molecule has 0 spiro atoms. The summed E-state index contributed by atoms with van der Waals surface area (Å²) in [7, 11) is 0. The number of carbonyl (C=O) groups is 2. The van der Waals surface area contributed by atoms with Crippen LogP contribution in [0.5, 0.6) is 11.5 Å². The van der Waals surface area contributed by atoms with Gasteiger partial charge in [-0.25, -0.2) is 4.79 Å². The number of hydrogen-bond donors (Lipinski definition) is 0. The summed E-state index contributed by atoms with van der Waals surface area (Å²) < 4.78 is 58.6. The van der Waals surface area contributed by atoms with Gasteiger partial charge in [0.2, 0.25) is 0 Å². The van der Waals surface area contributed by atoms with Crippen LogP contribution < -0.4 is 4.74 Å². The zero-order valence-corrected chi connectivity index (χ0v) is 18.2. The summed E-state index contributed by atoms with van der Waals surface area (Å²) in [6.45, 7) is 0.848. The van der Waals surface area contributed by atoms with E-state index in [0.29, 0.717) is 35.4 Å². The highest BCUT2D eigenvalue weighted by atomic mass is 35.5. The largest absolute Gasteiger partial charge is 0.616 e. The van der Waals surface area contributed by atoms with Gasteiger partial charge in [0.15, 0.2) is 5.25 Å². The van der Waals surface area contributed by atoms with Crippen LogP contribution in [-0.4, -0.2) is 53.0 Å². The zero-order valence-electron chi connectivity index (χ0n) is 16.6. The van der Waals surface area contributed by atoms with Gasteiger partial charge in [0.25, 0.3) is 0 Å². The second-order valence-electron chi connectivity index (χ2n) is 6.98. The molecule has 0 aromatic heterocycles. The lowest BCUT2D eigenvalue weighted by molar-refractivity contribution is -0.201. The van der Waals surface area contributed by atoms with E-state index < -0.39 is 29.3 Å². The Balaban J connectivity index is 1.56. The van der Waals surface area contributed by atoms with Crippen LogP contribution in [0, 0.1) is 0 Å². The van der Waals surface area contributed by atoms with Gasteiger partial charge in [0, 0.05) is 18.7 Å². The van der Waals surface area contributed by atoms with Crippen molar-refractivity contribution in [2.24, 2.45) is 0 Å². The van der Waals surface area contributed by atoms with Crippen LogP contribution in [0.4, 0.5) is 13.2 Å². The molecule has 0 aliphatic carbocycles. The standard InChI is InChI=1S/C21H19ClF3NO5S/c22-16-3-1-2-4-17(16)30-15-7-5-14(6-8-15)18-13-26(11-12-32(18)29)10-9-19(27)31-20(28)21(23,24)25/h1-8,18H,9-13H2. The van der Waals surface area contributed by atoms with E-state index in [4.69, 9.17) is 16.3 Å². The number of para-hydroxylation sites is 1. The number of esters is 2. The molecule has 0 bridgehead atoms. The minimum Gasteiger partial charge on any atom is -0.616 e. The molecule has 2 aromatic rings. The number of alkyl halides is 3. The predicted octanol–water partition coefficient (Wildman–Crippen LogP) is 4.26. The number of rotatable bonds is 6. The van der Waals surface area contributed by atoms with Crippen molar-refractivity contribution in [1.82, 2.24) is 4.90 Å². The van der Waals surface area contributed by atoms with Crippen LogP contribution in [-0.2, 0) is 25.5 Å². The highest BCUT2D eigenvalue weighted by molar-refractivity contribution is 7.91. The number of benzene rings is 2. The SMILES string of the molecule is O=C(CCN1CC[S+]([O-])C(c2ccc(Oc3ccccc3Cl)cc2)C1)OC(=O)C(F)(F)F. The third-order valence-corrected chi connectivity index (χ3v) is 6.69. The molecule has 0 amide bonds. The summed E-state index contributed by atoms with van der Waals surface area (Å²) in [4.78, 5) is 24.1. The predicted molar refractivity (Wildman–Crippen MR) is 112 cm³/mol. The summed E-state index contributed by atoms with van der Waals surface area (Å²) in [6.07, 6.45) is -5.60. The maximum Gasteiger partial charge on any atom is 0.491 e. The second-order valence-corrected chi connectivity index (χ2v) is 9.13. The Kier molecular flexibility index (Phi) is 8.05. The number of carbonyl (C=O) groups excluding carboxylic acids is 2. The molecule has 2 atom stereocenters. The summed E-state index contributed by atoms with van der Waals surface area (Å²) >= 11 is 4.93. The van der Waals surface area contributed by atoms with E-state index in [1.807, 2.05) is 0 Å². The lowest BCUT2D eigenvalue weighted by Gasteiger charge is -2.34. The molecule has 1 fully saturated rings. The molecule has 0 saturated carbocycles. The Bertz CT molecular complexity index is 957. The van der Waals surface area contributed by atoms with Crippen molar-refractivity contribution in [2.45, 2.75) is 17.8 Å². The maximum absolute atomic E-state index is 12.5. The average molecular weight is 490 g/mol. The molecule has 1 saturated heterocycles. The Morgan fingerprint density at radius 3 is 2.50 bits per heavy atom. The molecule has 2 unspecified atom stereocenters. The maximum atomic E-state index is 12.5. The van der Waals surface area contributed by atoms with Crippen molar-refractivity contribution in [3.05, 3.63) is 59.1 Å². The van der Waals surface area contributed by atoms with Crippen LogP contribution in [0.1, 0.15) is 17.2 Å². The van der Waals surface area contributed by atoms with Gasteiger partial charge in [-0.05, 0) is 35.4 Å². The molecule has 1 aliphatic heterocycles. The fraction of sp³-hybridized carbons (Fsp3) is 0.333. The fourth-order valence-electron chi connectivity index (χ4n) is 3.10. The van der Waals surface area contributed by atoms with Crippen molar-refractivity contribution < 1.29 is 36.8 Å². The Morgan fingerprint density at radius 1 is 1.16 bits per heavy atom. The highest BCUT2D eigenvalue weighted by Crippen LogP contribution is 2.32. The molecule has 1 heterocycles. The molecule has 6 nitrogen and oxygen atoms in total. The monoisotopic (exact) mass is 489 g/mol. The smallest absolute Gasteiger partial charge is 0.491 e. The molecule has 0 N–H and O–H groups in total. The third kappa shape index (κ3) is 6.61. The summed E-state index contributed by atoms with van der Waals surface area (Å²) in [5, 5.41) is 0.127. The number of nitrogens with zero attached hydrogens (tertiary/aromatic N) is 1. The number of hydrogen-bond acceptors (Lipinski definition) is 6. The number of halogens is 4. The van der Waals surface area contributed by atoms with Crippen molar-refractivity contribution in [3.8, 4) is 11.5 Å². The molecule has 11 heteroatoms.